The minimum Gasteiger partial charge on any atom is -0.480 e. The van der Waals surface area contributed by atoms with Crippen LogP contribution in [0.5, 0.6) is 11.5 Å². The third kappa shape index (κ3) is 10.6. The summed E-state index contributed by atoms with van der Waals surface area (Å²) < 4.78 is 21.1. The Bertz CT molecular complexity index is 907. The van der Waals surface area contributed by atoms with Gasteiger partial charge in [-0.25, -0.2) is 4.79 Å². The van der Waals surface area contributed by atoms with E-state index in [1.165, 1.54) is 12.1 Å². The first-order valence-corrected chi connectivity index (χ1v) is 12.1. The van der Waals surface area contributed by atoms with Crippen molar-refractivity contribution in [2.45, 2.75) is 79.2 Å². The Morgan fingerprint density at radius 1 is 0.944 bits per heavy atom. The lowest BCUT2D eigenvalue weighted by Gasteiger charge is -2.28. The molecule has 202 valence electrons. The third-order valence-corrected chi connectivity index (χ3v) is 5.08. The Labute approximate surface area is 212 Å². The SMILES string of the molecule is CCCC(=O)Oc1ccc(C(C(C)COC(=O)OCC(C)(C)C)[C@H](N)C(=O)O)cc1OC(=O)CCC. The number of ether oxygens (including phenoxy) is 4. The molecule has 2 unspecified atom stereocenters. The van der Waals surface area contributed by atoms with E-state index >= 15 is 0 Å². The number of carbonyl (C=O) groups is 4. The van der Waals surface area contributed by atoms with E-state index in [0.29, 0.717) is 18.4 Å². The Balaban J connectivity index is 3.24. The molecule has 10 heteroatoms. The van der Waals surface area contributed by atoms with Gasteiger partial charge in [-0.3, -0.25) is 14.4 Å². The van der Waals surface area contributed by atoms with Crippen molar-refractivity contribution in [3.63, 3.8) is 0 Å². The van der Waals surface area contributed by atoms with Crippen LogP contribution >= 0.6 is 0 Å². The van der Waals surface area contributed by atoms with Crippen molar-refractivity contribution in [1.82, 2.24) is 0 Å². The highest BCUT2D eigenvalue weighted by atomic mass is 16.7. The third-order valence-electron chi connectivity index (χ3n) is 5.08. The van der Waals surface area contributed by atoms with Gasteiger partial charge in [0.1, 0.15) is 6.04 Å². The van der Waals surface area contributed by atoms with Gasteiger partial charge in [-0.1, -0.05) is 47.6 Å². The van der Waals surface area contributed by atoms with E-state index in [0.717, 1.165) is 0 Å². The van der Waals surface area contributed by atoms with Gasteiger partial charge in [0.25, 0.3) is 0 Å². The zero-order valence-corrected chi connectivity index (χ0v) is 22.0. The highest BCUT2D eigenvalue weighted by molar-refractivity contribution is 5.77. The first-order chi connectivity index (χ1) is 16.8. The zero-order valence-electron chi connectivity index (χ0n) is 22.0. The Kier molecular flexibility index (Phi) is 12.4. The number of hydrogen-bond acceptors (Lipinski definition) is 9. The van der Waals surface area contributed by atoms with Crippen LogP contribution in [0.2, 0.25) is 0 Å². The number of carboxylic acid groups (broad SMARTS) is 1. The first kappa shape index (κ1) is 30.9. The molecule has 0 heterocycles. The molecular weight excluding hydrogens is 470 g/mol. The second-order valence-corrected chi connectivity index (χ2v) is 9.93. The summed E-state index contributed by atoms with van der Waals surface area (Å²) in [6.45, 7) is 11.0. The zero-order chi connectivity index (χ0) is 27.5. The van der Waals surface area contributed by atoms with E-state index in [1.54, 1.807) is 13.0 Å². The number of esters is 2. The van der Waals surface area contributed by atoms with Gasteiger partial charge in [-0.15, -0.1) is 0 Å². The second kappa shape index (κ2) is 14.4. The quantitative estimate of drug-likeness (QED) is 0.288. The van der Waals surface area contributed by atoms with E-state index in [-0.39, 0.29) is 43.0 Å². The minimum atomic E-state index is -1.36. The van der Waals surface area contributed by atoms with Crippen LogP contribution in [0.25, 0.3) is 0 Å². The fourth-order valence-corrected chi connectivity index (χ4v) is 3.32. The molecule has 0 fully saturated rings. The van der Waals surface area contributed by atoms with Crippen LogP contribution in [0.4, 0.5) is 4.79 Å². The van der Waals surface area contributed by atoms with Crippen molar-refractivity contribution >= 4 is 24.1 Å². The fraction of sp³-hybridized carbons (Fsp3) is 0.615. The summed E-state index contributed by atoms with van der Waals surface area (Å²) >= 11 is 0. The normalized spacial score (nSPS) is 13.8. The maximum absolute atomic E-state index is 12.2. The van der Waals surface area contributed by atoms with Gasteiger partial charge in [0.2, 0.25) is 0 Å². The molecular formula is C26H39NO9. The molecule has 0 amide bonds. The van der Waals surface area contributed by atoms with Crippen molar-refractivity contribution < 1.29 is 43.2 Å². The molecule has 1 aromatic carbocycles. The molecule has 0 saturated heterocycles. The Morgan fingerprint density at radius 2 is 1.50 bits per heavy atom. The predicted molar refractivity (Wildman–Crippen MR) is 132 cm³/mol. The lowest BCUT2D eigenvalue weighted by Crippen LogP contribution is -2.40. The Hall–Kier alpha value is -3.14. The van der Waals surface area contributed by atoms with E-state index in [1.807, 2.05) is 34.6 Å². The number of carbonyl (C=O) groups excluding carboxylic acids is 3. The highest BCUT2D eigenvalue weighted by Gasteiger charge is 2.33. The average Bonchev–Trinajstić information content (AvgIpc) is 2.77. The molecule has 0 spiro atoms. The molecule has 3 N–H and O–H groups in total. The molecule has 0 bridgehead atoms. The molecule has 10 nitrogen and oxygen atoms in total. The molecule has 1 rings (SSSR count). The summed E-state index contributed by atoms with van der Waals surface area (Å²) in [6.07, 6.45) is 0.580. The van der Waals surface area contributed by atoms with Crippen molar-refractivity contribution in [3.8, 4) is 11.5 Å². The van der Waals surface area contributed by atoms with E-state index < -0.39 is 41.9 Å². The molecule has 0 aromatic heterocycles. The minimum absolute atomic E-state index is 0.0179. The summed E-state index contributed by atoms with van der Waals surface area (Å²) in [7, 11) is 0. The van der Waals surface area contributed by atoms with Crippen LogP contribution in [-0.4, -0.2) is 48.4 Å². The molecule has 0 saturated carbocycles. The van der Waals surface area contributed by atoms with E-state index in [4.69, 9.17) is 24.7 Å². The standard InChI is InChI=1S/C26H39NO9/c1-7-9-20(28)35-18-12-11-17(13-19(18)36-21(29)10-8-2)22(23(27)24(30)31)16(3)14-33-25(32)34-15-26(4,5)6/h11-13,16,22-23H,7-10,14-15,27H2,1-6H3,(H,30,31)/t16?,22?,23-/m0/s1. The first-order valence-electron chi connectivity index (χ1n) is 12.1. The molecule has 0 aliphatic heterocycles. The monoisotopic (exact) mass is 509 g/mol. The van der Waals surface area contributed by atoms with Crippen molar-refractivity contribution in [2.24, 2.45) is 17.1 Å². The maximum atomic E-state index is 12.2. The van der Waals surface area contributed by atoms with Crippen LogP contribution in [-0.2, 0) is 23.9 Å². The summed E-state index contributed by atoms with van der Waals surface area (Å²) in [5, 5.41) is 9.62. The van der Waals surface area contributed by atoms with Gasteiger partial charge in [-0.05, 0) is 41.9 Å². The largest absolute Gasteiger partial charge is 0.508 e. The summed E-state index contributed by atoms with van der Waals surface area (Å²) in [5.41, 5.74) is 6.18. The fourth-order valence-electron chi connectivity index (χ4n) is 3.32. The number of rotatable bonds is 13. The summed E-state index contributed by atoms with van der Waals surface area (Å²) in [5.74, 6) is -3.64. The number of nitrogens with two attached hydrogens (primary N) is 1. The second-order valence-electron chi connectivity index (χ2n) is 9.93. The van der Waals surface area contributed by atoms with Crippen LogP contribution in [0.15, 0.2) is 18.2 Å². The van der Waals surface area contributed by atoms with Gasteiger partial charge in [-0.2, -0.15) is 0 Å². The van der Waals surface area contributed by atoms with Gasteiger partial charge in [0.05, 0.1) is 13.2 Å². The highest BCUT2D eigenvalue weighted by Crippen LogP contribution is 2.36. The summed E-state index contributed by atoms with van der Waals surface area (Å²) in [4.78, 5) is 48.0. The smallest absolute Gasteiger partial charge is 0.480 e. The van der Waals surface area contributed by atoms with Gasteiger partial charge in [0, 0.05) is 18.8 Å². The number of hydrogen-bond donors (Lipinski definition) is 2. The van der Waals surface area contributed by atoms with Gasteiger partial charge in [0.15, 0.2) is 11.5 Å². The average molecular weight is 510 g/mol. The number of benzene rings is 1. The maximum Gasteiger partial charge on any atom is 0.508 e. The molecule has 3 atom stereocenters. The Morgan fingerprint density at radius 3 is 2.00 bits per heavy atom. The van der Waals surface area contributed by atoms with Crippen molar-refractivity contribution in [1.29, 1.82) is 0 Å². The summed E-state index contributed by atoms with van der Waals surface area (Å²) in [6, 6.07) is 3.06. The van der Waals surface area contributed by atoms with Gasteiger partial charge < -0.3 is 29.8 Å². The van der Waals surface area contributed by atoms with Gasteiger partial charge >= 0.3 is 24.1 Å². The topological polar surface area (TPSA) is 151 Å². The molecule has 0 aliphatic carbocycles. The van der Waals surface area contributed by atoms with Crippen LogP contribution in [0, 0.1) is 11.3 Å². The van der Waals surface area contributed by atoms with Crippen molar-refractivity contribution in [2.75, 3.05) is 13.2 Å². The predicted octanol–water partition coefficient (Wildman–Crippen LogP) is 4.43. The number of carboxylic acids is 1. The lowest BCUT2D eigenvalue weighted by molar-refractivity contribution is -0.139. The number of aliphatic carboxylic acids is 1. The van der Waals surface area contributed by atoms with E-state index in [2.05, 4.69) is 0 Å². The molecule has 0 radical (unpaired) electrons. The van der Waals surface area contributed by atoms with Crippen LogP contribution in [0.1, 0.15) is 78.7 Å². The lowest BCUT2D eigenvalue weighted by atomic mass is 9.82. The van der Waals surface area contributed by atoms with E-state index in [9.17, 15) is 24.3 Å². The van der Waals surface area contributed by atoms with Crippen LogP contribution in [0.3, 0.4) is 0 Å². The molecule has 0 aliphatic rings. The van der Waals surface area contributed by atoms with Crippen LogP contribution < -0.4 is 15.2 Å². The van der Waals surface area contributed by atoms with Crippen molar-refractivity contribution in [3.05, 3.63) is 23.8 Å². The molecule has 1 aromatic rings. The molecule has 36 heavy (non-hydrogen) atoms.